The van der Waals surface area contributed by atoms with Crippen molar-refractivity contribution in [2.45, 2.75) is 50.7 Å². The summed E-state index contributed by atoms with van der Waals surface area (Å²) in [5.41, 5.74) is 1.05. The van der Waals surface area contributed by atoms with Crippen LogP contribution >= 0.6 is 12.6 Å². The third-order valence-electron chi connectivity index (χ3n) is 4.70. The molecule has 1 aliphatic carbocycles. The number of nitrogens with one attached hydrogen (secondary N) is 2. The lowest BCUT2D eigenvalue weighted by molar-refractivity contribution is -0.769. The van der Waals surface area contributed by atoms with Crippen LogP contribution in [-0.2, 0) is 16.1 Å². The quantitative estimate of drug-likeness (QED) is 0.115. The van der Waals surface area contributed by atoms with E-state index in [-0.39, 0.29) is 24.4 Å². The number of carbonyl (C=O) groups excluding carboxylic acids is 1. The summed E-state index contributed by atoms with van der Waals surface area (Å²) in [5, 5.41) is 24.8. The second-order valence-electron chi connectivity index (χ2n) is 7.37. The lowest BCUT2D eigenvalue weighted by atomic mass is 9.98. The molecule has 1 unspecified atom stereocenters. The maximum Gasteiger partial charge on any atom is 0.294 e. The van der Waals surface area contributed by atoms with Crippen molar-refractivity contribution in [3.05, 3.63) is 52.6 Å². The summed E-state index contributed by atoms with van der Waals surface area (Å²) in [6, 6.07) is 7.71. The van der Waals surface area contributed by atoms with Gasteiger partial charge in [0.1, 0.15) is 24.6 Å². The van der Waals surface area contributed by atoms with Gasteiger partial charge in [-0.15, -0.1) is 16.7 Å². The molecule has 1 aromatic carbocycles. The molecule has 3 N–H and O–H groups in total. The van der Waals surface area contributed by atoms with Crippen molar-refractivity contribution in [1.82, 2.24) is 10.6 Å². The average Bonchev–Trinajstić information content (AvgIpc) is 2.79. The van der Waals surface area contributed by atoms with Gasteiger partial charge in [-0.25, -0.2) is 0 Å². The number of ether oxygens (including phenoxy) is 1. The van der Waals surface area contributed by atoms with E-state index < -0.39 is 11.2 Å². The van der Waals surface area contributed by atoms with Crippen molar-refractivity contribution in [3.63, 3.8) is 0 Å². The first-order valence-corrected chi connectivity index (χ1v) is 11.5. The van der Waals surface area contributed by atoms with Gasteiger partial charge in [-0.3, -0.25) is 4.79 Å². The van der Waals surface area contributed by atoms with Gasteiger partial charge in [0.15, 0.2) is 0 Å². The number of allylic oxidation sites excluding steroid dienone is 1. The van der Waals surface area contributed by atoms with Gasteiger partial charge in [0.25, 0.3) is 5.09 Å². The van der Waals surface area contributed by atoms with Gasteiger partial charge in [0.2, 0.25) is 5.91 Å². The minimum absolute atomic E-state index is 0.104. The Morgan fingerprint density at radius 2 is 2.03 bits per heavy atom. The Balaban J connectivity index is 0.000000425. The van der Waals surface area contributed by atoms with E-state index in [2.05, 4.69) is 34.7 Å². The average molecular weight is 470 g/mol. The molecule has 32 heavy (non-hydrogen) atoms. The van der Waals surface area contributed by atoms with Crippen molar-refractivity contribution in [2.75, 3.05) is 32.0 Å². The zero-order valence-corrected chi connectivity index (χ0v) is 19.3. The summed E-state index contributed by atoms with van der Waals surface area (Å²) in [4.78, 5) is 25.2. The molecule has 0 aliphatic heterocycles. The zero-order chi connectivity index (χ0) is 23.6. The van der Waals surface area contributed by atoms with Crippen molar-refractivity contribution in [3.8, 4) is 5.75 Å². The highest BCUT2D eigenvalue weighted by atomic mass is 32.1. The zero-order valence-electron chi connectivity index (χ0n) is 18.4. The Labute approximate surface area is 195 Å². The molecule has 0 heterocycles. The van der Waals surface area contributed by atoms with Gasteiger partial charge in [-0.05, 0) is 30.9 Å². The number of aliphatic hydroxyl groups is 1. The van der Waals surface area contributed by atoms with Crippen LogP contribution in [0.25, 0.3) is 0 Å². The summed E-state index contributed by atoms with van der Waals surface area (Å²) in [6.07, 6.45) is 6.84. The fourth-order valence-corrected chi connectivity index (χ4v) is 3.23. The number of amides is 1. The standard InChI is InChI=1S/C16H24N2O3S.C6H11NO3/c1-2-5-13-6-3-4-7-15(13)21-11-14(19)10-17-8-9-18-16(20)12-22;8-7(9)10-6-4-2-1-3-5-6/h2-4,6-7,14,17,19,22H,1,5,8-12H2,(H,18,20);6H,1-5H2. The van der Waals surface area contributed by atoms with Crippen LogP contribution in [0.1, 0.15) is 37.7 Å². The van der Waals surface area contributed by atoms with Crippen molar-refractivity contribution in [1.29, 1.82) is 0 Å². The van der Waals surface area contributed by atoms with Gasteiger partial charge in [0.05, 0.1) is 5.75 Å². The number of para-hydroxylation sites is 1. The number of hydrogen-bond acceptors (Lipinski definition) is 8. The molecule has 2 rings (SSSR count). The summed E-state index contributed by atoms with van der Waals surface area (Å²) in [7, 11) is 0. The molecule has 1 atom stereocenters. The molecule has 0 saturated heterocycles. The molecule has 1 saturated carbocycles. The van der Waals surface area contributed by atoms with Gasteiger partial charge in [-0.1, -0.05) is 43.5 Å². The van der Waals surface area contributed by atoms with E-state index >= 15 is 0 Å². The largest absolute Gasteiger partial charge is 0.491 e. The van der Waals surface area contributed by atoms with Crippen LogP contribution in [0.4, 0.5) is 0 Å². The van der Waals surface area contributed by atoms with Crippen LogP contribution in [0.5, 0.6) is 5.75 Å². The van der Waals surface area contributed by atoms with Crippen molar-refractivity contribution < 1.29 is 24.6 Å². The van der Waals surface area contributed by atoms with Crippen molar-refractivity contribution >= 4 is 18.5 Å². The molecule has 1 amide bonds. The number of thiol groups is 1. The number of benzene rings is 1. The predicted molar refractivity (Wildman–Crippen MR) is 127 cm³/mol. The van der Waals surface area contributed by atoms with E-state index in [0.29, 0.717) is 19.6 Å². The first-order chi connectivity index (χ1) is 15.5. The molecule has 0 radical (unpaired) electrons. The molecule has 1 fully saturated rings. The first-order valence-electron chi connectivity index (χ1n) is 10.8. The van der Waals surface area contributed by atoms with Gasteiger partial charge in [0, 0.05) is 19.6 Å². The van der Waals surface area contributed by atoms with Crippen LogP contribution in [0.3, 0.4) is 0 Å². The molecular weight excluding hydrogens is 434 g/mol. The summed E-state index contributed by atoms with van der Waals surface area (Å²) in [5.74, 6) is 0.843. The molecule has 0 bridgehead atoms. The lowest BCUT2D eigenvalue weighted by Gasteiger charge is -2.18. The second kappa shape index (κ2) is 17.3. The Bertz CT molecular complexity index is 685. The monoisotopic (exact) mass is 469 g/mol. The van der Waals surface area contributed by atoms with E-state index in [1.165, 1.54) is 6.42 Å². The highest BCUT2D eigenvalue weighted by Crippen LogP contribution is 2.20. The normalized spacial score (nSPS) is 14.4. The second-order valence-corrected chi connectivity index (χ2v) is 7.68. The fraction of sp³-hybridized carbons (Fsp3) is 0.591. The van der Waals surface area contributed by atoms with Crippen LogP contribution in [0.15, 0.2) is 36.9 Å². The molecule has 0 spiro atoms. The predicted octanol–water partition coefficient (Wildman–Crippen LogP) is 2.32. The van der Waals surface area contributed by atoms with Crippen LogP contribution in [0, 0.1) is 10.1 Å². The third-order valence-corrected chi connectivity index (χ3v) is 4.99. The lowest BCUT2D eigenvalue weighted by Crippen LogP contribution is -2.37. The Kier molecular flexibility index (Phi) is 15.0. The fourth-order valence-electron chi connectivity index (χ4n) is 3.12. The minimum Gasteiger partial charge on any atom is -0.491 e. The summed E-state index contributed by atoms with van der Waals surface area (Å²) < 4.78 is 5.65. The molecule has 1 aliphatic rings. The number of hydrogen-bond donors (Lipinski definition) is 4. The highest BCUT2D eigenvalue weighted by molar-refractivity contribution is 7.81. The number of carbonyl (C=O) groups is 1. The molecule has 0 aromatic heterocycles. The molecule has 9 nitrogen and oxygen atoms in total. The summed E-state index contributed by atoms with van der Waals surface area (Å²) in [6.45, 7) is 5.43. The number of rotatable bonds is 13. The van der Waals surface area contributed by atoms with Crippen LogP contribution in [-0.4, -0.2) is 60.3 Å². The topological polar surface area (TPSA) is 123 Å². The molecule has 180 valence electrons. The minimum atomic E-state index is -0.685. The number of nitrogens with zero attached hydrogens (tertiary/aromatic N) is 1. The molecular formula is C22H35N3O6S. The van der Waals surface area contributed by atoms with E-state index in [1.54, 1.807) is 0 Å². The van der Waals surface area contributed by atoms with Crippen molar-refractivity contribution in [2.24, 2.45) is 0 Å². The van der Waals surface area contributed by atoms with Crippen LogP contribution < -0.4 is 15.4 Å². The van der Waals surface area contributed by atoms with Gasteiger partial charge in [-0.2, -0.15) is 12.6 Å². The maximum atomic E-state index is 11.0. The Hall–Kier alpha value is -2.30. The Morgan fingerprint density at radius 3 is 2.69 bits per heavy atom. The van der Waals surface area contributed by atoms with E-state index in [4.69, 9.17) is 4.74 Å². The molecule has 10 heteroatoms. The van der Waals surface area contributed by atoms with Gasteiger partial charge < -0.3 is 25.3 Å². The van der Waals surface area contributed by atoms with E-state index in [9.17, 15) is 20.0 Å². The Morgan fingerprint density at radius 1 is 1.31 bits per heavy atom. The third kappa shape index (κ3) is 13.2. The SMILES string of the molecule is C=CCc1ccccc1OCC(O)CNCCNC(=O)CS.O=[N+]([O-])OC1CCCCC1. The van der Waals surface area contributed by atoms with Crippen LogP contribution in [0.2, 0.25) is 0 Å². The first kappa shape index (κ1) is 27.7. The van der Waals surface area contributed by atoms with Gasteiger partial charge >= 0.3 is 0 Å². The maximum absolute atomic E-state index is 11.0. The molecule has 1 aromatic rings. The van der Waals surface area contributed by atoms with E-state index in [0.717, 1.165) is 43.4 Å². The van der Waals surface area contributed by atoms with E-state index in [1.807, 2.05) is 30.3 Å². The smallest absolute Gasteiger partial charge is 0.294 e. The highest BCUT2D eigenvalue weighted by Gasteiger charge is 2.16. The summed E-state index contributed by atoms with van der Waals surface area (Å²) >= 11 is 3.86. The number of aliphatic hydroxyl groups excluding tert-OH is 1.